The molecule has 0 saturated carbocycles. The average molecular weight is 248 g/mol. The second-order valence-corrected chi connectivity index (χ2v) is 3.77. The Morgan fingerprint density at radius 3 is 2.78 bits per heavy atom. The van der Waals surface area contributed by atoms with Gasteiger partial charge in [0.15, 0.2) is 5.78 Å². The maximum Gasteiger partial charge on any atom is 0.189 e. The van der Waals surface area contributed by atoms with Crippen LogP contribution < -0.4 is 0 Å². The summed E-state index contributed by atoms with van der Waals surface area (Å²) in [5.74, 6) is -1.64. The minimum atomic E-state index is -0.703. The average Bonchev–Trinajstić information content (AvgIpc) is 2.74. The number of halogens is 2. The van der Waals surface area contributed by atoms with Crippen molar-refractivity contribution in [2.24, 2.45) is 7.05 Å². The summed E-state index contributed by atoms with van der Waals surface area (Å²) in [6, 6.07) is 3.18. The number of aryl methyl sites for hydroxylation is 1. The number of ketones is 1. The molecule has 1 aromatic carbocycles. The van der Waals surface area contributed by atoms with Crippen molar-refractivity contribution in [3.63, 3.8) is 0 Å². The van der Waals surface area contributed by atoms with Crippen LogP contribution in [0.4, 0.5) is 8.78 Å². The Balaban J connectivity index is 2.18. The standard InChI is InChI=1S/C13H10F2N2O/c1-17-8-10(7-16-17)13(18)5-3-9-2-4-11(14)6-12(9)15/h2-8H,1H3/b5-3+. The van der Waals surface area contributed by atoms with E-state index < -0.39 is 11.6 Å². The maximum absolute atomic E-state index is 13.3. The van der Waals surface area contributed by atoms with Gasteiger partial charge in [-0.15, -0.1) is 0 Å². The first-order valence-corrected chi connectivity index (χ1v) is 5.22. The number of allylic oxidation sites excluding steroid dienone is 1. The van der Waals surface area contributed by atoms with E-state index >= 15 is 0 Å². The second-order valence-electron chi connectivity index (χ2n) is 3.77. The summed E-state index contributed by atoms with van der Waals surface area (Å²) < 4.78 is 27.5. The molecule has 0 aliphatic heterocycles. The van der Waals surface area contributed by atoms with Crippen molar-refractivity contribution < 1.29 is 13.6 Å². The molecule has 0 bridgehead atoms. The number of aromatic nitrogens is 2. The van der Waals surface area contributed by atoms with Crippen molar-refractivity contribution in [1.29, 1.82) is 0 Å². The van der Waals surface area contributed by atoms with Crippen molar-refractivity contribution in [3.8, 4) is 0 Å². The Bertz CT molecular complexity index is 617. The summed E-state index contributed by atoms with van der Waals surface area (Å²) in [5, 5.41) is 3.86. The molecule has 1 aromatic heterocycles. The van der Waals surface area contributed by atoms with Gasteiger partial charge < -0.3 is 0 Å². The monoisotopic (exact) mass is 248 g/mol. The first-order valence-electron chi connectivity index (χ1n) is 5.22. The lowest BCUT2D eigenvalue weighted by Crippen LogP contribution is -1.92. The molecule has 0 fully saturated rings. The van der Waals surface area contributed by atoms with Gasteiger partial charge in [-0.2, -0.15) is 5.10 Å². The first-order chi connectivity index (χ1) is 8.56. The van der Waals surface area contributed by atoms with Crippen LogP contribution >= 0.6 is 0 Å². The fourth-order valence-electron chi connectivity index (χ4n) is 1.45. The summed E-state index contributed by atoms with van der Waals surface area (Å²) in [6.07, 6.45) is 5.53. The van der Waals surface area contributed by atoms with Crippen molar-refractivity contribution in [2.75, 3.05) is 0 Å². The number of hydrogen-bond donors (Lipinski definition) is 0. The van der Waals surface area contributed by atoms with E-state index in [-0.39, 0.29) is 11.3 Å². The number of hydrogen-bond acceptors (Lipinski definition) is 2. The molecular formula is C13H10F2N2O. The van der Waals surface area contributed by atoms with Gasteiger partial charge in [0.1, 0.15) is 11.6 Å². The molecule has 0 atom stereocenters. The number of rotatable bonds is 3. The zero-order valence-corrected chi connectivity index (χ0v) is 9.60. The summed E-state index contributed by atoms with van der Waals surface area (Å²) >= 11 is 0. The molecule has 0 aliphatic carbocycles. The van der Waals surface area contributed by atoms with Crippen molar-refractivity contribution in [3.05, 3.63) is 59.4 Å². The Morgan fingerprint density at radius 1 is 1.39 bits per heavy atom. The van der Waals surface area contributed by atoms with E-state index in [1.165, 1.54) is 29.1 Å². The van der Waals surface area contributed by atoms with E-state index in [0.717, 1.165) is 12.1 Å². The van der Waals surface area contributed by atoms with Crippen molar-refractivity contribution in [2.45, 2.75) is 0 Å². The minimum Gasteiger partial charge on any atom is -0.289 e. The molecule has 0 spiro atoms. The number of nitrogens with zero attached hydrogens (tertiary/aromatic N) is 2. The lowest BCUT2D eigenvalue weighted by molar-refractivity contribution is 0.104. The second kappa shape index (κ2) is 4.91. The highest BCUT2D eigenvalue weighted by atomic mass is 19.1. The molecule has 18 heavy (non-hydrogen) atoms. The van der Waals surface area contributed by atoms with E-state index in [9.17, 15) is 13.6 Å². The van der Waals surface area contributed by atoms with Crippen LogP contribution in [0.1, 0.15) is 15.9 Å². The van der Waals surface area contributed by atoms with E-state index in [2.05, 4.69) is 5.10 Å². The van der Waals surface area contributed by atoms with Crippen LogP contribution in [0.3, 0.4) is 0 Å². The van der Waals surface area contributed by atoms with Crippen molar-refractivity contribution >= 4 is 11.9 Å². The number of benzene rings is 1. The molecule has 0 N–H and O–H groups in total. The zero-order chi connectivity index (χ0) is 13.1. The molecule has 92 valence electrons. The zero-order valence-electron chi connectivity index (χ0n) is 9.60. The third kappa shape index (κ3) is 2.68. The molecule has 2 rings (SSSR count). The lowest BCUT2D eigenvalue weighted by Gasteiger charge is -1.96. The van der Waals surface area contributed by atoms with Crippen LogP contribution in [0.25, 0.3) is 6.08 Å². The Kier molecular flexibility index (Phi) is 3.32. The summed E-state index contributed by atoms with van der Waals surface area (Å²) in [5.41, 5.74) is 0.574. The number of carbonyl (C=O) groups is 1. The highest BCUT2D eigenvalue weighted by Gasteiger charge is 2.05. The van der Waals surface area contributed by atoms with Gasteiger partial charge in [-0.05, 0) is 24.3 Å². The molecule has 0 amide bonds. The lowest BCUT2D eigenvalue weighted by atomic mass is 10.1. The predicted octanol–water partition coefficient (Wildman–Crippen LogP) is 2.59. The van der Waals surface area contributed by atoms with Gasteiger partial charge in [0.25, 0.3) is 0 Å². The molecule has 5 heteroatoms. The molecular weight excluding hydrogens is 238 g/mol. The van der Waals surface area contributed by atoms with Crippen LogP contribution in [-0.4, -0.2) is 15.6 Å². The van der Waals surface area contributed by atoms with E-state index in [4.69, 9.17) is 0 Å². The quantitative estimate of drug-likeness (QED) is 0.618. The maximum atomic E-state index is 13.3. The van der Waals surface area contributed by atoms with Crippen LogP contribution in [0, 0.1) is 11.6 Å². The largest absolute Gasteiger partial charge is 0.289 e. The SMILES string of the molecule is Cn1cc(C(=O)/C=C/c2ccc(F)cc2F)cn1. The third-order valence-corrected chi connectivity index (χ3v) is 2.37. The highest BCUT2D eigenvalue weighted by molar-refractivity contribution is 6.06. The summed E-state index contributed by atoms with van der Waals surface area (Å²) in [7, 11) is 1.69. The van der Waals surface area contributed by atoms with Gasteiger partial charge in [0.2, 0.25) is 0 Å². The van der Waals surface area contributed by atoms with E-state index in [0.29, 0.717) is 5.56 Å². The topological polar surface area (TPSA) is 34.9 Å². The highest BCUT2D eigenvalue weighted by Crippen LogP contribution is 2.11. The van der Waals surface area contributed by atoms with Crippen LogP contribution in [0.15, 0.2) is 36.7 Å². The molecule has 1 heterocycles. The normalized spacial score (nSPS) is 11.1. The van der Waals surface area contributed by atoms with E-state index in [1.807, 2.05) is 0 Å². The first kappa shape index (κ1) is 12.2. The fourth-order valence-corrected chi connectivity index (χ4v) is 1.45. The number of carbonyl (C=O) groups excluding carboxylic acids is 1. The Labute approximate surface area is 102 Å². The smallest absolute Gasteiger partial charge is 0.189 e. The van der Waals surface area contributed by atoms with E-state index in [1.54, 1.807) is 13.2 Å². The molecule has 0 unspecified atom stereocenters. The molecule has 0 radical (unpaired) electrons. The van der Waals surface area contributed by atoms with Crippen LogP contribution in [0.2, 0.25) is 0 Å². The predicted molar refractivity (Wildman–Crippen MR) is 62.9 cm³/mol. The van der Waals surface area contributed by atoms with Gasteiger partial charge in [-0.3, -0.25) is 9.48 Å². The van der Waals surface area contributed by atoms with Gasteiger partial charge in [-0.1, -0.05) is 0 Å². The minimum absolute atomic E-state index is 0.161. The Morgan fingerprint density at radius 2 is 2.17 bits per heavy atom. The van der Waals surface area contributed by atoms with Crippen LogP contribution in [-0.2, 0) is 7.05 Å². The summed E-state index contributed by atoms with van der Waals surface area (Å²) in [4.78, 5) is 11.7. The van der Waals surface area contributed by atoms with Gasteiger partial charge in [0, 0.05) is 24.9 Å². The van der Waals surface area contributed by atoms with Gasteiger partial charge in [-0.25, -0.2) is 8.78 Å². The molecule has 2 aromatic rings. The molecule has 0 saturated heterocycles. The van der Waals surface area contributed by atoms with Crippen molar-refractivity contribution in [1.82, 2.24) is 9.78 Å². The fraction of sp³-hybridized carbons (Fsp3) is 0.0769. The molecule has 3 nitrogen and oxygen atoms in total. The molecule has 0 aliphatic rings. The van der Waals surface area contributed by atoms with Gasteiger partial charge >= 0.3 is 0 Å². The van der Waals surface area contributed by atoms with Gasteiger partial charge in [0.05, 0.1) is 11.8 Å². The Hall–Kier alpha value is -2.30. The third-order valence-electron chi connectivity index (χ3n) is 2.37. The van der Waals surface area contributed by atoms with Crippen LogP contribution in [0.5, 0.6) is 0 Å². The summed E-state index contributed by atoms with van der Waals surface area (Å²) in [6.45, 7) is 0.